The number of alkyl halides is 3. The van der Waals surface area contributed by atoms with Crippen molar-refractivity contribution in [3.05, 3.63) is 95.6 Å². The summed E-state index contributed by atoms with van der Waals surface area (Å²) in [5.74, 6) is 0.866. The second-order valence-corrected chi connectivity index (χ2v) is 8.02. The van der Waals surface area contributed by atoms with Crippen molar-refractivity contribution in [1.82, 2.24) is 4.90 Å². The molecule has 6 heteroatoms. The summed E-state index contributed by atoms with van der Waals surface area (Å²) in [5.41, 5.74) is 2.56. The van der Waals surface area contributed by atoms with Gasteiger partial charge in [-0.3, -0.25) is 4.90 Å². The standard InChI is InChI=1S/C26H27F3N2O/c1-32-25-10-6-5-9-23(25)30-15-17-31(18-16-30)24(21-7-3-2-4-8-21)19-20-11-13-22(14-12-20)26(27,28)29/h2-14,24H,15-19H2,1H3. The molecule has 1 saturated heterocycles. The summed E-state index contributed by atoms with van der Waals surface area (Å²) in [6.07, 6.45) is -3.65. The predicted molar refractivity (Wildman–Crippen MR) is 121 cm³/mol. The lowest BCUT2D eigenvalue weighted by molar-refractivity contribution is -0.137. The van der Waals surface area contributed by atoms with Gasteiger partial charge in [-0.2, -0.15) is 13.2 Å². The minimum absolute atomic E-state index is 0.104. The minimum atomic E-state index is -4.31. The smallest absolute Gasteiger partial charge is 0.416 e. The van der Waals surface area contributed by atoms with Gasteiger partial charge in [-0.25, -0.2) is 0 Å². The van der Waals surface area contributed by atoms with Crippen molar-refractivity contribution >= 4 is 5.69 Å². The van der Waals surface area contributed by atoms with Crippen LogP contribution in [0.2, 0.25) is 0 Å². The highest BCUT2D eigenvalue weighted by atomic mass is 19.4. The SMILES string of the molecule is COc1ccccc1N1CCN(C(Cc2ccc(C(F)(F)F)cc2)c2ccccc2)CC1. The zero-order valence-electron chi connectivity index (χ0n) is 18.1. The zero-order chi connectivity index (χ0) is 22.6. The average molecular weight is 441 g/mol. The van der Waals surface area contributed by atoms with Gasteiger partial charge in [0.15, 0.2) is 0 Å². The molecule has 4 rings (SSSR count). The first-order chi connectivity index (χ1) is 15.5. The highest BCUT2D eigenvalue weighted by molar-refractivity contribution is 5.58. The highest BCUT2D eigenvalue weighted by Crippen LogP contribution is 2.33. The second kappa shape index (κ2) is 9.65. The Hall–Kier alpha value is -2.99. The Morgan fingerprint density at radius 1 is 0.812 bits per heavy atom. The van der Waals surface area contributed by atoms with Crippen LogP contribution in [0, 0.1) is 0 Å². The van der Waals surface area contributed by atoms with Gasteiger partial charge in [0.25, 0.3) is 0 Å². The van der Waals surface area contributed by atoms with Crippen molar-refractivity contribution < 1.29 is 17.9 Å². The van der Waals surface area contributed by atoms with E-state index in [1.54, 1.807) is 19.2 Å². The van der Waals surface area contributed by atoms with E-state index < -0.39 is 11.7 Å². The number of rotatable bonds is 6. The third-order valence-corrected chi connectivity index (χ3v) is 6.08. The maximum atomic E-state index is 12.9. The molecule has 0 N–H and O–H groups in total. The third-order valence-electron chi connectivity index (χ3n) is 6.08. The number of benzene rings is 3. The number of halogens is 3. The first-order valence-corrected chi connectivity index (χ1v) is 10.8. The molecule has 168 valence electrons. The van der Waals surface area contributed by atoms with Gasteiger partial charge >= 0.3 is 6.18 Å². The Balaban J connectivity index is 1.51. The Bertz CT molecular complexity index is 998. The maximum absolute atomic E-state index is 12.9. The van der Waals surface area contributed by atoms with Crippen LogP contribution in [0.25, 0.3) is 0 Å². The largest absolute Gasteiger partial charge is 0.495 e. The van der Waals surface area contributed by atoms with E-state index >= 15 is 0 Å². The van der Waals surface area contributed by atoms with Gasteiger partial charge in [0.1, 0.15) is 5.75 Å². The molecule has 32 heavy (non-hydrogen) atoms. The van der Waals surface area contributed by atoms with Crippen LogP contribution in [0.5, 0.6) is 5.75 Å². The summed E-state index contributed by atoms with van der Waals surface area (Å²) in [4.78, 5) is 4.76. The molecule has 0 aromatic heterocycles. The molecule has 0 aliphatic carbocycles. The van der Waals surface area contributed by atoms with E-state index in [9.17, 15) is 13.2 Å². The van der Waals surface area contributed by atoms with Crippen LogP contribution in [0.1, 0.15) is 22.7 Å². The quantitative estimate of drug-likeness (QED) is 0.480. The van der Waals surface area contributed by atoms with Crippen LogP contribution >= 0.6 is 0 Å². The Kier molecular flexibility index (Phi) is 6.70. The molecule has 0 radical (unpaired) electrons. The summed E-state index contributed by atoms with van der Waals surface area (Å²) < 4.78 is 44.4. The lowest BCUT2D eigenvalue weighted by Crippen LogP contribution is -2.48. The third kappa shape index (κ3) is 5.07. The molecule has 0 spiro atoms. The normalized spacial score (nSPS) is 16.1. The minimum Gasteiger partial charge on any atom is -0.495 e. The zero-order valence-corrected chi connectivity index (χ0v) is 18.1. The fraction of sp³-hybridized carbons (Fsp3) is 0.308. The van der Waals surface area contributed by atoms with E-state index in [-0.39, 0.29) is 6.04 Å². The van der Waals surface area contributed by atoms with Gasteiger partial charge in [-0.1, -0.05) is 54.6 Å². The van der Waals surface area contributed by atoms with Gasteiger partial charge in [-0.15, -0.1) is 0 Å². The Labute approximate surface area is 187 Å². The molecule has 0 amide bonds. The topological polar surface area (TPSA) is 15.7 Å². The van der Waals surface area contributed by atoms with Crippen molar-refractivity contribution in [3.8, 4) is 5.75 Å². The van der Waals surface area contributed by atoms with Crippen molar-refractivity contribution in [1.29, 1.82) is 0 Å². The van der Waals surface area contributed by atoms with Crippen LogP contribution in [0.3, 0.4) is 0 Å². The number of hydrogen-bond donors (Lipinski definition) is 0. The number of ether oxygens (including phenoxy) is 1. The number of methoxy groups -OCH3 is 1. The molecule has 1 fully saturated rings. The van der Waals surface area contributed by atoms with E-state index in [0.29, 0.717) is 6.42 Å². The Morgan fingerprint density at radius 2 is 1.44 bits per heavy atom. The number of hydrogen-bond acceptors (Lipinski definition) is 3. The molecule has 3 nitrogen and oxygen atoms in total. The lowest BCUT2D eigenvalue weighted by Gasteiger charge is -2.41. The molecular weight excluding hydrogens is 413 g/mol. The van der Waals surface area contributed by atoms with E-state index in [1.165, 1.54) is 17.7 Å². The summed E-state index contributed by atoms with van der Waals surface area (Å²) in [6.45, 7) is 3.43. The molecule has 1 unspecified atom stereocenters. The van der Waals surface area contributed by atoms with E-state index in [1.807, 2.05) is 36.4 Å². The maximum Gasteiger partial charge on any atom is 0.416 e. The van der Waals surface area contributed by atoms with Gasteiger partial charge in [0.2, 0.25) is 0 Å². The lowest BCUT2D eigenvalue weighted by atomic mass is 9.96. The summed E-state index contributed by atoms with van der Waals surface area (Å²) >= 11 is 0. The van der Waals surface area contributed by atoms with Crippen molar-refractivity contribution in [2.24, 2.45) is 0 Å². The van der Waals surface area contributed by atoms with Gasteiger partial charge < -0.3 is 9.64 Å². The number of para-hydroxylation sites is 2. The van der Waals surface area contributed by atoms with Crippen molar-refractivity contribution in [2.75, 3.05) is 38.2 Å². The first-order valence-electron chi connectivity index (χ1n) is 10.8. The van der Waals surface area contributed by atoms with E-state index in [2.05, 4.69) is 28.0 Å². The van der Waals surface area contributed by atoms with Crippen LogP contribution in [0.15, 0.2) is 78.9 Å². The predicted octanol–water partition coefficient (Wildman–Crippen LogP) is 5.82. The number of nitrogens with zero attached hydrogens (tertiary/aromatic N) is 2. The molecular formula is C26H27F3N2O. The summed E-state index contributed by atoms with van der Waals surface area (Å²) in [5, 5.41) is 0. The van der Waals surface area contributed by atoms with E-state index in [4.69, 9.17) is 4.74 Å². The molecule has 0 bridgehead atoms. The monoisotopic (exact) mass is 440 g/mol. The second-order valence-electron chi connectivity index (χ2n) is 8.02. The van der Waals surface area contributed by atoms with Crippen LogP contribution < -0.4 is 9.64 Å². The van der Waals surface area contributed by atoms with Crippen LogP contribution in [0.4, 0.5) is 18.9 Å². The van der Waals surface area contributed by atoms with Gasteiger partial charge in [-0.05, 0) is 41.8 Å². The number of piperazine rings is 1. The number of anilines is 1. The fourth-order valence-electron chi connectivity index (χ4n) is 4.35. The van der Waals surface area contributed by atoms with Gasteiger partial charge in [0.05, 0.1) is 18.4 Å². The van der Waals surface area contributed by atoms with Crippen molar-refractivity contribution in [2.45, 2.75) is 18.6 Å². The molecule has 1 heterocycles. The Morgan fingerprint density at radius 3 is 2.06 bits per heavy atom. The van der Waals surface area contributed by atoms with E-state index in [0.717, 1.165) is 43.2 Å². The molecule has 1 aliphatic heterocycles. The fourth-order valence-corrected chi connectivity index (χ4v) is 4.35. The molecule has 0 saturated carbocycles. The highest BCUT2D eigenvalue weighted by Gasteiger charge is 2.30. The molecule has 3 aromatic carbocycles. The first kappa shape index (κ1) is 22.2. The van der Waals surface area contributed by atoms with Gasteiger partial charge in [0, 0.05) is 32.2 Å². The average Bonchev–Trinajstić information content (AvgIpc) is 2.83. The van der Waals surface area contributed by atoms with Crippen LogP contribution in [-0.4, -0.2) is 38.2 Å². The molecule has 3 aromatic rings. The summed E-state index contributed by atoms with van der Waals surface area (Å²) in [7, 11) is 1.69. The van der Waals surface area contributed by atoms with Crippen molar-refractivity contribution in [3.63, 3.8) is 0 Å². The molecule has 1 aliphatic rings. The molecule has 1 atom stereocenters. The summed E-state index contributed by atoms with van der Waals surface area (Å²) in [6, 6.07) is 23.9. The van der Waals surface area contributed by atoms with Crippen LogP contribution in [-0.2, 0) is 12.6 Å².